The monoisotopic (exact) mass is 316 g/mol. The summed E-state index contributed by atoms with van der Waals surface area (Å²) < 4.78 is 16.6. The average Bonchev–Trinajstić information content (AvgIpc) is 2.59. The van der Waals surface area contributed by atoms with Crippen molar-refractivity contribution in [2.24, 2.45) is 0 Å². The lowest BCUT2D eigenvalue weighted by Gasteiger charge is -2.32. The van der Waals surface area contributed by atoms with Gasteiger partial charge in [-0.15, -0.1) is 0 Å². The van der Waals surface area contributed by atoms with E-state index in [2.05, 4.69) is 0 Å². The molecule has 2 aromatic carbocycles. The molecule has 0 radical (unpaired) electrons. The maximum Gasteiger partial charge on any atom is 0.161 e. The van der Waals surface area contributed by atoms with Crippen molar-refractivity contribution in [1.82, 2.24) is 0 Å². The topological polar surface area (TPSA) is 74.2 Å². The van der Waals surface area contributed by atoms with Crippen LogP contribution in [0.2, 0.25) is 0 Å². The Bertz CT molecular complexity index is 701. The van der Waals surface area contributed by atoms with E-state index in [9.17, 15) is 10.4 Å². The number of nitrogens with zero attached hydrogens (tertiary/aromatic N) is 1. The van der Waals surface area contributed by atoms with E-state index in [0.29, 0.717) is 23.7 Å². The predicted molar refractivity (Wildman–Crippen MR) is 85.1 cm³/mol. The first kappa shape index (κ1) is 15.6. The molecule has 122 valence electrons. The van der Waals surface area contributed by atoms with Gasteiger partial charge >= 0.3 is 0 Å². The van der Waals surface area contributed by atoms with Gasteiger partial charge in [0, 0.05) is 5.56 Å². The molecule has 1 N–H and O–H groups in total. The van der Waals surface area contributed by atoms with E-state index in [1.54, 1.807) is 38.5 Å². The van der Waals surface area contributed by atoms with Crippen molar-refractivity contribution >= 4 is 5.69 Å². The van der Waals surface area contributed by atoms with Crippen LogP contribution in [-0.4, -0.2) is 26.0 Å². The number of rotatable bonds is 4. The molecular weight excluding hydrogens is 298 g/mol. The molecule has 0 unspecified atom stereocenters. The Morgan fingerprint density at radius 3 is 2.52 bits per heavy atom. The maximum absolute atomic E-state index is 11.4. The van der Waals surface area contributed by atoms with Gasteiger partial charge in [-0.05, 0) is 35.7 Å². The molecule has 6 heteroatoms. The Kier molecular flexibility index (Phi) is 4.38. The average molecular weight is 316 g/mol. The molecule has 0 aliphatic carbocycles. The van der Waals surface area contributed by atoms with Gasteiger partial charge in [-0.2, -0.15) is 0 Å². The van der Waals surface area contributed by atoms with E-state index in [1.165, 1.54) is 0 Å². The van der Waals surface area contributed by atoms with Crippen molar-refractivity contribution in [2.75, 3.05) is 26.1 Å². The number of para-hydroxylation sites is 1. The number of benzene rings is 2. The van der Waals surface area contributed by atoms with E-state index in [1.807, 2.05) is 12.1 Å². The molecule has 0 saturated carbocycles. The van der Waals surface area contributed by atoms with Crippen LogP contribution >= 0.6 is 0 Å². The zero-order valence-electron chi connectivity index (χ0n) is 13.0. The summed E-state index contributed by atoms with van der Waals surface area (Å²) in [6.45, 7) is 0.520. The van der Waals surface area contributed by atoms with Gasteiger partial charge in [0.2, 0.25) is 0 Å². The molecule has 23 heavy (non-hydrogen) atoms. The Balaban J connectivity index is 2.12. The standard InChI is InChI=1S/C17H18NO5/c1-21-15-9-11-7-8-23-17(13(11)10-16(15)22-2)12-5-3-4-6-14(12)18(19)20/h3-6,9-10,17,19H,7-8H2,1-2H3/q-1/t17-/m1/s1. The smallest absolute Gasteiger partial charge is 0.161 e. The van der Waals surface area contributed by atoms with Crippen molar-refractivity contribution in [3.8, 4) is 11.5 Å². The van der Waals surface area contributed by atoms with E-state index in [0.717, 1.165) is 17.5 Å². The van der Waals surface area contributed by atoms with Crippen LogP contribution in [-0.2, 0) is 11.2 Å². The fourth-order valence-electron chi connectivity index (χ4n) is 2.91. The fourth-order valence-corrected chi connectivity index (χ4v) is 2.91. The van der Waals surface area contributed by atoms with E-state index < -0.39 is 6.10 Å². The summed E-state index contributed by atoms with van der Waals surface area (Å²) in [5.41, 5.74) is 2.76. The first-order chi connectivity index (χ1) is 11.2. The van der Waals surface area contributed by atoms with Crippen LogP contribution in [0.1, 0.15) is 22.8 Å². The van der Waals surface area contributed by atoms with Crippen molar-refractivity contribution < 1.29 is 19.4 Å². The number of ether oxygens (including phenoxy) is 3. The Hall–Kier alpha value is -2.28. The molecule has 1 aliphatic rings. The van der Waals surface area contributed by atoms with E-state index in [-0.39, 0.29) is 10.9 Å². The predicted octanol–water partition coefficient (Wildman–Crippen LogP) is 3.06. The molecule has 0 bridgehead atoms. The van der Waals surface area contributed by atoms with Crippen LogP contribution in [0.15, 0.2) is 36.4 Å². The van der Waals surface area contributed by atoms with E-state index >= 15 is 0 Å². The number of anilines is 1. The lowest BCUT2D eigenvalue weighted by molar-refractivity contribution is 0.0692. The minimum absolute atomic E-state index is 0.131. The molecule has 2 aromatic rings. The summed E-state index contributed by atoms with van der Waals surface area (Å²) in [5, 5.41) is 20.6. The van der Waals surface area contributed by atoms with Crippen molar-refractivity contribution in [2.45, 2.75) is 12.5 Å². The third-order valence-corrected chi connectivity index (χ3v) is 4.01. The zero-order chi connectivity index (χ0) is 16.4. The van der Waals surface area contributed by atoms with Gasteiger partial charge in [0.15, 0.2) is 11.5 Å². The number of hydrogen-bond acceptors (Lipinski definition) is 6. The highest BCUT2D eigenvalue weighted by molar-refractivity contribution is 5.58. The molecule has 1 atom stereocenters. The van der Waals surface area contributed by atoms with Gasteiger partial charge < -0.3 is 24.6 Å². The molecular formula is C17H18NO5-. The van der Waals surface area contributed by atoms with Gasteiger partial charge in [0.05, 0.1) is 26.5 Å². The molecule has 6 nitrogen and oxygen atoms in total. The highest BCUT2D eigenvalue weighted by atomic mass is 16.8. The summed E-state index contributed by atoms with van der Waals surface area (Å²) in [4.78, 5) is 0. The number of methoxy groups -OCH3 is 2. The maximum atomic E-state index is 11.4. The highest BCUT2D eigenvalue weighted by Crippen LogP contribution is 2.41. The Morgan fingerprint density at radius 2 is 1.83 bits per heavy atom. The zero-order valence-corrected chi connectivity index (χ0v) is 13.0. The highest BCUT2D eigenvalue weighted by Gasteiger charge is 2.27. The molecule has 0 aromatic heterocycles. The first-order valence-electron chi connectivity index (χ1n) is 7.27. The summed E-state index contributed by atoms with van der Waals surface area (Å²) >= 11 is 0. The SMILES string of the molecule is COc1cc2c(cc1OC)[C@@H](c1ccccc1N([O-])O)OCC2. The van der Waals surface area contributed by atoms with Gasteiger partial charge in [-0.3, -0.25) is 5.21 Å². The van der Waals surface area contributed by atoms with Crippen LogP contribution in [0.4, 0.5) is 5.69 Å². The first-order valence-corrected chi connectivity index (χ1v) is 7.27. The normalized spacial score (nSPS) is 16.6. The molecule has 0 spiro atoms. The number of fused-ring (bicyclic) bond motifs is 1. The second kappa shape index (κ2) is 6.45. The van der Waals surface area contributed by atoms with Gasteiger partial charge in [0.1, 0.15) is 6.10 Å². The van der Waals surface area contributed by atoms with Crippen LogP contribution in [0.25, 0.3) is 0 Å². The molecule has 3 rings (SSSR count). The Morgan fingerprint density at radius 1 is 1.13 bits per heavy atom. The third-order valence-electron chi connectivity index (χ3n) is 4.01. The molecule has 0 amide bonds. The van der Waals surface area contributed by atoms with Gasteiger partial charge in [-0.25, -0.2) is 0 Å². The van der Waals surface area contributed by atoms with Crippen molar-refractivity contribution in [3.63, 3.8) is 0 Å². The van der Waals surface area contributed by atoms with Crippen molar-refractivity contribution in [1.29, 1.82) is 0 Å². The minimum Gasteiger partial charge on any atom is -0.733 e. The van der Waals surface area contributed by atoms with Gasteiger partial charge in [0.25, 0.3) is 0 Å². The van der Waals surface area contributed by atoms with Crippen LogP contribution in [0.5, 0.6) is 11.5 Å². The van der Waals surface area contributed by atoms with Crippen LogP contribution in [0.3, 0.4) is 0 Å². The quantitative estimate of drug-likeness (QED) is 0.874. The van der Waals surface area contributed by atoms with Gasteiger partial charge in [-0.1, -0.05) is 18.2 Å². The minimum atomic E-state index is -0.446. The lowest BCUT2D eigenvalue weighted by atomic mass is 9.91. The summed E-state index contributed by atoms with van der Waals surface area (Å²) in [5.74, 6) is 1.26. The van der Waals surface area contributed by atoms with Crippen LogP contribution < -0.4 is 14.7 Å². The largest absolute Gasteiger partial charge is 0.733 e. The van der Waals surface area contributed by atoms with Crippen LogP contribution in [0, 0.1) is 5.21 Å². The third kappa shape index (κ3) is 2.84. The molecule has 1 heterocycles. The van der Waals surface area contributed by atoms with E-state index in [4.69, 9.17) is 14.2 Å². The summed E-state index contributed by atoms with van der Waals surface area (Å²) in [7, 11) is 3.17. The lowest BCUT2D eigenvalue weighted by Crippen LogP contribution is -2.20. The molecule has 1 aliphatic heterocycles. The molecule has 0 saturated heterocycles. The second-order valence-electron chi connectivity index (χ2n) is 5.24. The van der Waals surface area contributed by atoms with Crippen molar-refractivity contribution in [3.05, 3.63) is 58.3 Å². The summed E-state index contributed by atoms with van der Waals surface area (Å²) in [6.07, 6.45) is 0.299. The number of hydrogen-bond donors (Lipinski definition) is 1. The fraction of sp³-hybridized carbons (Fsp3) is 0.294. The summed E-state index contributed by atoms with van der Waals surface area (Å²) in [6, 6.07) is 10.6. The molecule has 0 fully saturated rings. The second-order valence-corrected chi connectivity index (χ2v) is 5.24. The Labute approximate surface area is 134 Å².